The fourth-order valence-corrected chi connectivity index (χ4v) is 2.52. The first-order chi connectivity index (χ1) is 11.2. The molecule has 0 spiro atoms. The molecule has 0 bridgehead atoms. The van der Waals surface area contributed by atoms with Gasteiger partial charge in [-0.05, 0) is 53.8 Å². The van der Waals surface area contributed by atoms with Gasteiger partial charge in [-0.1, -0.05) is 12.1 Å². The van der Waals surface area contributed by atoms with Crippen molar-refractivity contribution in [1.82, 2.24) is 25.5 Å². The number of ether oxygens (including phenoxy) is 1. The summed E-state index contributed by atoms with van der Waals surface area (Å²) < 4.78 is 6.84. The SMILES string of the molecule is COc1cccc(C[C@H](C(=O)NCC2CC2)n2nnnc2C)c1. The number of methoxy groups -OCH3 is 1. The van der Waals surface area contributed by atoms with Gasteiger partial charge in [0.05, 0.1) is 7.11 Å². The van der Waals surface area contributed by atoms with Gasteiger partial charge in [0.15, 0.2) is 0 Å². The van der Waals surface area contributed by atoms with Crippen LogP contribution in [-0.4, -0.2) is 39.8 Å². The van der Waals surface area contributed by atoms with Gasteiger partial charge in [0.25, 0.3) is 0 Å². The van der Waals surface area contributed by atoms with Crippen molar-refractivity contribution in [3.05, 3.63) is 35.7 Å². The van der Waals surface area contributed by atoms with Gasteiger partial charge < -0.3 is 10.1 Å². The van der Waals surface area contributed by atoms with Gasteiger partial charge in [-0.15, -0.1) is 5.10 Å². The van der Waals surface area contributed by atoms with E-state index in [0.29, 0.717) is 18.2 Å². The second kappa shape index (κ2) is 6.76. The number of carbonyl (C=O) groups is 1. The second-order valence-electron chi connectivity index (χ2n) is 5.93. The molecule has 1 aliphatic rings. The first-order valence-corrected chi connectivity index (χ1v) is 7.82. The minimum absolute atomic E-state index is 0.0462. The molecule has 1 aromatic heterocycles. The highest BCUT2D eigenvalue weighted by Crippen LogP contribution is 2.28. The summed E-state index contributed by atoms with van der Waals surface area (Å²) in [5.41, 5.74) is 1.01. The normalized spacial score (nSPS) is 15.2. The zero-order chi connectivity index (χ0) is 16.2. The Morgan fingerprint density at radius 1 is 1.48 bits per heavy atom. The Labute approximate surface area is 135 Å². The van der Waals surface area contributed by atoms with E-state index >= 15 is 0 Å². The van der Waals surface area contributed by atoms with Crippen LogP contribution in [0.25, 0.3) is 0 Å². The maximum absolute atomic E-state index is 12.6. The van der Waals surface area contributed by atoms with Gasteiger partial charge in [-0.2, -0.15) is 0 Å². The average Bonchev–Trinajstić information content (AvgIpc) is 3.31. The minimum atomic E-state index is -0.462. The number of benzene rings is 1. The summed E-state index contributed by atoms with van der Waals surface area (Å²) in [6.07, 6.45) is 2.91. The van der Waals surface area contributed by atoms with E-state index in [1.165, 1.54) is 12.8 Å². The van der Waals surface area contributed by atoms with Crippen molar-refractivity contribution in [2.24, 2.45) is 5.92 Å². The molecule has 0 unspecified atom stereocenters. The molecule has 1 fully saturated rings. The highest BCUT2D eigenvalue weighted by Gasteiger charge is 2.27. The van der Waals surface area contributed by atoms with Crippen LogP contribution in [0.3, 0.4) is 0 Å². The predicted molar refractivity (Wildman–Crippen MR) is 84.0 cm³/mol. The van der Waals surface area contributed by atoms with Crippen molar-refractivity contribution in [3.63, 3.8) is 0 Å². The number of carbonyl (C=O) groups excluding carboxylic acids is 1. The molecule has 1 heterocycles. The average molecular weight is 315 g/mol. The van der Waals surface area contributed by atoms with Crippen LogP contribution in [0.4, 0.5) is 0 Å². The Morgan fingerprint density at radius 3 is 2.96 bits per heavy atom. The number of rotatable bonds is 7. The Balaban J connectivity index is 1.78. The van der Waals surface area contributed by atoms with E-state index in [2.05, 4.69) is 20.8 Å². The zero-order valence-corrected chi connectivity index (χ0v) is 13.4. The molecule has 122 valence electrons. The molecule has 0 aliphatic heterocycles. The number of tetrazole rings is 1. The summed E-state index contributed by atoms with van der Waals surface area (Å²) in [5.74, 6) is 1.98. The number of nitrogens with zero attached hydrogens (tertiary/aromatic N) is 4. The molecule has 1 aliphatic carbocycles. The van der Waals surface area contributed by atoms with Crippen LogP contribution in [0.5, 0.6) is 5.75 Å². The lowest BCUT2D eigenvalue weighted by Crippen LogP contribution is -2.36. The van der Waals surface area contributed by atoms with E-state index in [4.69, 9.17) is 4.74 Å². The maximum Gasteiger partial charge on any atom is 0.245 e. The van der Waals surface area contributed by atoms with Crippen LogP contribution >= 0.6 is 0 Å². The molecule has 1 saturated carbocycles. The van der Waals surface area contributed by atoms with Crippen LogP contribution in [0.1, 0.15) is 30.3 Å². The van der Waals surface area contributed by atoms with Gasteiger partial charge in [0, 0.05) is 13.0 Å². The molecule has 1 atom stereocenters. The predicted octanol–water partition coefficient (Wildman–Crippen LogP) is 1.30. The number of hydrogen-bond donors (Lipinski definition) is 1. The lowest BCUT2D eigenvalue weighted by molar-refractivity contribution is -0.124. The van der Waals surface area contributed by atoms with Gasteiger partial charge in [0.1, 0.15) is 17.6 Å². The minimum Gasteiger partial charge on any atom is -0.497 e. The zero-order valence-electron chi connectivity index (χ0n) is 13.4. The Morgan fingerprint density at radius 2 is 2.30 bits per heavy atom. The largest absolute Gasteiger partial charge is 0.497 e. The smallest absolute Gasteiger partial charge is 0.245 e. The summed E-state index contributed by atoms with van der Waals surface area (Å²) in [6.45, 7) is 2.53. The second-order valence-corrected chi connectivity index (χ2v) is 5.93. The van der Waals surface area contributed by atoms with Crippen LogP contribution in [-0.2, 0) is 11.2 Å². The third-order valence-electron chi connectivity index (χ3n) is 4.08. The van der Waals surface area contributed by atoms with E-state index < -0.39 is 6.04 Å². The monoisotopic (exact) mass is 315 g/mol. The molecule has 1 N–H and O–H groups in total. The summed E-state index contributed by atoms with van der Waals surface area (Å²) in [7, 11) is 1.63. The van der Waals surface area contributed by atoms with E-state index in [0.717, 1.165) is 17.9 Å². The first-order valence-electron chi connectivity index (χ1n) is 7.82. The summed E-state index contributed by atoms with van der Waals surface area (Å²) in [5, 5.41) is 14.6. The standard InChI is InChI=1S/C16H21N5O2/c1-11-18-19-20-21(11)15(16(22)17-10-12-6-7-12)9-13-4-3-5-14(8-13)23-2/h3-5,8,12,15H,6-7,9-10H2,1-2H3,(H,17,22)/t15-/m1/s1. The Bertz CT molecular complexity index is 681. The lowest BCUT2D eigenvalue weighted by atomic mass is 10.0. The molecular weight excluding hydrogens is 294 g/mol. The van der Waals surface area contributed by atoms with Crippen LogP contribution in [0, 0.1) is 12.8 Å². The van der Waals surface area contributed by atoms with Crippen molar-refractivity contribution in [3.8, 4) is 5.75 Å². The van der Waals surface area contributed by atoms with Crippen molar-refractivity contribution >= 4 is 5.91 Å². The molecular formula is C16H21N5O2. The molecule has 0 saturated heterocycles. The van der Waals surface area contributed by atoms with Crippen molar-refractivity contribution in [1.29, 1.82) is 0 Å². The number of hydrogen-bond acceptors (Lipinski definition) is 5. The maximum atomic E-state index is 12.6. The summed E-state index contributed by atoms with van der Waals surface area (Å²) in [4.78, 5) is 12.6. The van der Waals surface area contributed by atoms with Crippen molar-refractivity contribution in [2.45, 2.75) is 32.2 Å². The third-order valence-corrected chi connectivity index (χ3v) is 4.08. The van der Waals surface area contributed by atoms with E-state index in [-0.39, 0.29) is 5.91 Å². The number of aryl methyl sites for hydroxylation is 1. The molecule has 23 heavy (non-hydrogen) atoms. The van der Waals surface area contributed by atoms with Crippen LogP contribution in [0.15, 0.2) is 24.3 Å². The molecule has 1 aromatic carbocycles. The Hall–Kier alpha value is -2.44. The van der Waals surface area contributed by atoms with E-state index in [1.54, 1.807) is 18.7 Å². The van der Waals surface area contributed by atoms with Gasteiger partial charge in [0.2, 0.25) is 5.91 Å². The molecule has 1 amide bonds. The van der Waals surface area contributed by atoms with Crippen LogP contribution in [0.2, 0.25) is 0 Å². The topological polar surface area (TPSA) is 81.9 Å². The van der Waals surface area contributed by atoms with Gasteiger partial charge >= 0.3 is 0 Å². The quantitative estimate of drug-likeness (QED) is 0.833. The van der Waals surface area contributed by atoms with E-state index in [1.807, 2.05) is 24.3 Å². The fraction of sp³-hybridized carbons (Fsp3) is 0.500. The molecule has 7 heteroatoms. The molecule has 7 nitrogen and oxygen atoms in total. The molecule has 0 radical (unpaired) electrons. The number of nitrogens with one attached hydrogen (secondary N) is 1. The number of aromatic nitrogens is 4. The first kappa shape index (κ1) is 15.5. The summed E-state index contributed by atoms with van der Waals surface area (Å²) >= 11 is 0. The number of amides is 1. The lowest BCUT2D eigenvalue weighted by Gasteiger charge is -2.18. The van der Waals surface area contributed by atoms with E-state index in [9.17, 15) is 4.79 Å². The molecule has 3 rings (SSSR count). The molecule has 2 aromatic rings. The summed E-state index contributed by atoms with van der Waals surface area (Å²) in [6, 6.07) is 7.24. The highest BCUT2D eigenvalue weighted by atomic mass is 16.5. The van der Waals surface area contributed by atoms with Crippen LogP contribution < -0.4 is 10.1 Å². The Kier molecular flexibility index (Phi) is 4.55. The van der Waals surface area contributed by atoms with Crippen molar-refractivity contribution in [2.75, 3.05) is 13.7 Å². The fourth-order valence-electron chi connectivity index (χ4n) is 2.52. The highest BCUT2D eigenvalue weighted by molar-refractivity contribution is 5.80. The van der Waals surface area contributed by atoms with Gasteiger partial charge in [-0.3, -0.25) is 4.79 Å². The third kappa shape index (κ3) is 3.85. The van der Waals surface area contributed by atoms with Crippen molar-refractivity contribution < 1.29 is 9.53 Å². The van der Waals surface area contributed by atoms with Gasteiger partial charge in [-0.25, -0.2) is 4.68 Å².